The quantitative estimate of drug-likeness (QED) is 0.297. The Bertz CT molecular complexity index is 244. The zero-order valence-corrected chi connectivity index (χ0v) is 16.2. The maximum Gasteiger partial charge on any atom is 0.0864 e. The van der Waals surface area contributed by atoms with Crippen molar-refractivity contribution in [3.05, 3.63) is 11.5 Å². The van der Waals surface area contributed by atoms with Gasteiger partial charge in [-0.3, -0.25) is 0 Å². The average molecular weight is 345 g/mol. The van der Waals surface area contributed by atoms with Crippen LogP contribution in [0.4, 0.5) is 0 Å². The Labute approximate surface area is 149 Å². The lowest BCUT2D eigenvalue weighted by Crippen LogP contribution is -2.13. The summed E-state index contributed by atoms with van der Waals surface area (Å²) in [7, 11) is 0. The number of unbranched alkanes of at least 4 members (excludes halogenated alkanes) is 13. The Kier molecular flexibility index (Phi) is 20.1. The molecule has 138 valence electrons. The first-order chi connectivity index (χ1) is 11.3. The van der Waals surface area contributed by atoms with Crippen molar-refractivity contribution in [3.8, 4) is 0 Å². The summed E-state index contributed by atoms with van der Waals surface area (Å²) in [5, 5.41) is 19.9. The summed E-state index contributed by atoms with van der Waals surface area (Å²) >= 11 is 1.58. The topological polar surface area (TPSA) is 40.5 Å². The minimum atomic E-state index is -0.582. The Morgan fingerprint density at radius 2 is 1.26 bits per heavy atom. The predicted octanol–water partition coefficient (Wildman–Crippen LogP) is 6.07. The number of allylic oxidation sites excluding steroid dienone is 1. The van der Waals surface area contributed by atoms with Crippen LogP contribution in [0, 0.1) is 0 Å². The molecule has 0 radical (unpaired) electrons. The highest BCUT2D eigenvalue weighted by Gasteiger charge is 1.98. The van der Waals surface area contributed by atoms with E-state index < -0.39 is 6.10 Å². The van der Waals surface area contributed by atoms with Crippen LogP contribution < -0.4 is 0 Å². The van der Waals surface area contributed by atoms with Crippen LogP contribution in [0.25, 0.3) is 0 Å². The molecule has 0 saturated heterocycles. The molecule has 0 fully saturated rings. The Hall–Kier alpha value is 0.01000. The van der Waals surface area contributed by atoms with Crippen molar-refractivity contribution in [1.82, 2.24) is 0 Å². The third kappa shape index (κ3) is 20.0. The molecule has 0 amide bonds. The first-order valence-electron chi connectivity index (χ1n) is 9.86. The highest BCUT2D eigenvalue weighted by Crippen LogP contribution is 2.13. The van der Waals surface area contributed by atoms with E-state index in [-0.39, 0.29) is 6.61 Å². The van der Waals surface area contributed by atoms with Crippen LogP contribution in [-0.2, 0) is 0 Å². The molecular weight excluding hydrogens is 304 g/mol. The van der Waals surface area contributed by atoms with Gasteiger partial charge in [0.15, 0.2) is 0 Å². The van der Waals surface area contributed by atoms with Gasteiger partial charge < -0.3 is 10.2 Å². The van der Waals surface area contributed by atoms with Gasteiger partial charge in [-0.2, -0.15) is 0 Å². The fourth-order valence-corrected chi connectivity index (χ4v) is 3.35. The van der Waals surface area contributed by atoms with Crippen molar-refractivity contribution >= 4 is 11.8 Å². The molecule has 0 aliphatic rings. The molecule has 0 heterocycles. The first kappa shape index (κ1) is 23.0. The number of aliphatic hydroxyl groups is 2. The third-order valence-corrected chi connectivity index (χ3v) is 5.13. The summed E-state index contributed by atoms with van der Waals surface area (Å²) < 4.78 is 0. The lowest BCUT2D eigenvalue weighted by molar-refractivity contribution is 0.113. The molecule has 0 aromatic rings. The van der Waals surface area contributed by atoms with Gasteiger partial charge in [0.05, 0.1) is 12.7 Å². The van der Waals surface area contributed by atoms with Crippen molar-refractivity contribution in [1.29, 1.82) is 0 Å². The molecule has 1 atom stereocenters. The van der Waals surface area contributed by atoms with Crippen LogP contribution >= 0.6 is 11.8 Å². The summed E-state index contributed by atoms with van der Waals surface area (Å²) in [4.78, 5) is 0. The zero-order chi connectivity index (χ0) is 17.0. The van der Waals surface area contributed by atoms with Gasteiger partial charge in [0.1, 0.15) is 0 Å². The molecule has 2 nitrogen and oxygen atoms in total. The molecule has 0 aromatic heterocycles. The average Bonchev–Trinajstić information content (AvgIpc) is 2.57. The molecule has 0 spiro atoms. The van der Waals surface area contributed by atoms with E-state index in [1.54, 1.807) is 11.8 Å². The summed E-state index contributed by atoms with van der Waals surface area (Å²) in [6, 6.07) is 0. The molecule has 1 unspecified atom stereocenters. The molecule has 0 aliphatic heterocycles. The lowest BCUT2D eigenvalue weighted by atomic mass is 10.0. The summed E-state index contributed by atoms with van der Waals surface area (Å²) in [6.07, 6.45) is 20.9. The van der Waals surface area contributed by atoms with Crippen LogP contribution in [0.3, 0.4) is 0 Å². The fraction of sp³-hybridized carbons (Fsp3) is 0.900. The molecule has 23 heavy (non-hydrogen) atoms. The number of rotatable bonds is 18. The molecular formula is C20H40O2S. The van der Waals surface area contributed by atoms with Crippen molar-refractivity contribution in [2.24, 2.45) is 0 Å². The third-order valence-electron chi connectivity index (χ3n) is 4.17. The Morgan fingerprint density at radius 3 is 1.74 bits per heavy atom. The predicted molar refractivity (Wildman–Crippen MR) is 105 cm³/mol. The standard InChI is InChI=1S/C20H40O2S/c1-2-3-4-5-6-7-8-9-10-11-12-13-14-15-16-17-23-19-20(22)18-21/h16-17,20-22H,2-15,18-19H2,1H3/b17-16+. The minimum Gasteiger partial charge on any atom is -0.394 e. The van der Waals surface area contributed by atoms with E-state index in [0.29, 0.717) is 5.75 Å². The second-order valence-corrected chi connectivity index (χ2v) is 7.51. The monoisotopic (exact) mass is 344 g/mol. The highest BCUT2D eigenvalue weighted by atomic mass is 32.2. The molecule has 0 aromatic carbocycles. The second kappa shape index (κ2) is 20.1. The molecule has 2 N–H and O–H groups in total. The summed E-state index contributed by atoms with van der Waals surface area (Å²) in [5.41, 5.74) is 0. The summed E-state index contributed by atoms with van der Waals surface area (Å²) in [6.45, 7) is 2.14. The molecule has 0 bridgehead atoms. The number of hydrogen-bond donors (Lipinski definition) is 2. The second-order valence-electron chi connectivity index (χ2n) is 6.57. The van der Waals surface area contributed by atoms with Gasteiger partial charge >= 0.3 is 0 Å². The largest absolute Gasteiger partial charge is 0.394 e. The van der Waals surface area contributed by atoms with Crippen molar-refractivity contribution in [2.45, 2.75) is 103 Å². The van der Waals surface area contributed by atoms with Gasteiger partial charge in [0.2, 0.25) is 0 Å². The molecule has 0 rings (SSSR count). The van der Waals surface area contributed by atoms with E-state index in [4.69, 9.17) is 5.11 Å². The van der Waals surface area contributed by atoms with E-state index >= 15 is 0 Å². The van der Waals surface area contributed by atoms with Crippen molar-refractivity contribution in [2.75, 3.05) is 12.4 Å². The van der Waals surface area contributed by atoms with Gasteiger partial charge in [-0.1, -0.05) is 90.0 Å². The Balaban J connectivity index is 3.06. The van der Waals surface area contributed by atoms with Gasteiger partial charge in [0.25, 0.3) is 0 Å². The van der Waals surface area contributed by atoms with Crippen LogP contribution in [0.2, 0.25) is 0 Å². The van der Waals surface area contributed by atoms with Crippen molar-refractivity contribution in [3.63, 3.8) is 0 Å². The van der Waals surface area contributed by atoms with Crippen molar-refractivity contribution < 1.29 is 10.2 Å². The lowest BCUT2D eigenvalue weighted by Gasteiger charge is -2.03. The number of hydrogen-bond acceptors (Lipinski definition) is 3. The van der Waals surface area contributed by atoms with Gasteiger partial charge in [-0.05, 0) is 18.2 Å². The normalized spacial score (nSPS) is 13.0. The number of aliphatic hydroxyl groups excluding tert-OH is 2. The van der Waals surface area contributed by atoms with Gasteiger partial charge in [-0.25, -0.2) is 0 Å². The maximum atomic E-state index is 9.18. The van der Waals surface area contributed by atoms with Gasteiger partial charge in [0, 0.05) is 5.75 Å². The van der Waals surface area contributed by atoms with E-state index in [9.17, 15) is 5.11 Å². The van der Waals surface area contributed by atoms with Gasteiger partial charge in [-0.15, -0.1) is 11.8 Å². The molecule has 0 aliphatic carbocycles. The molecule has 0 saturated carbocycles. The minimum absolute atomic E-state index is 0.139. The van der Waals surface area contributed by atoms with Crippen LogP contribution in [0.15, 0.2) is 11.5 Å². The SMILES string of the molecule is CCCCCCCCCCCCCCC/C=C/SCC(O)CO. The first-order valence-corrected chi connectivity index (χ1v) is 10.9. The van der Waals surface area contributed by atoms with Crippen LogP contribution in [0.1, 0.15) is 96.8 Å². The Morgan fingerprint density at radius 1 is 0.783 bits per heavy atom. The van der Waals surface area contributed by atoms with E-state index in [1.807, 2.05) is 0 Å². The fourth-order valence-electron chi connectivity index (χ4n) is 2.64. The van der Waals surface area contributed by atoms with Crippen LogP contribution in [-0.4, -0.2) is 28.7 Å². The molecule has 3 heteroatoms. The maximum absolute atomic E-state index is 9.18. The highest BCUT2D eigenvalue weighted by molar-refractivity contribution is 8.02. The van der Waals surface area contributed by atoms with E-state index in [1.165, 1.54) is 83.5 Å². The van der Waals surface area contributed by atoms with E-state index in [2.05, 4.69) is 18.4 Å². The zero-order valence-electron chi connectivity index (χ0n) is 15.3. The van der Waals surface area contributed by atoms with Crippen LogP contribution in [0.5, 0.6) is 0 Å². The number of thioether (sulfide) groups is 1. The smallest absolute Gasteiger partial charge is 0.0864 e. The van der Waals surface area contributed by atoms with E-state index in [0.717, 1.165) is 6.42 Å². The summed E-state index contributed by atoms with van der Waals surface area (Å²) in [5.74, 6) is 0.589.